The lowest BCUT2D eigenvalue weighted by molar-refractivity contribution is -0.188. The second kappa shape index (κ2) is 7.44. The Morgan fingerprint density at radius 3 is 2.59 bits per heavy atom. The minimum Gasteiger partial charge on any atom is -0.497 e. The number of benzene rings is 1. The molecule has 0 aromatic heterocycles. The first-order chi connectivity index (χ1) is 16.3. The Kier molecular flexibility index (Phi) is 4.89. The molecule has 5 aliphatic rings. The highest BCUT2D eigenvalue weighted by Gasteiger charge is 2.71. The molecule has 34 heavy (non-hydrogen) atoms. The predicted molar refractivity (Wildman–Crippen MR) is 128 cm³/mol. The Bertz CT molecular complexity index is 1040. The molecule has 2 saturated heterocycles. The van der Waals surface area contributed by atoms with Crippen molar-refractivity contribution in [1.29, 1.82) is 0 Å². The van der Waals surface area contributed by atoms with Gasteiger partial charge >= 0.3 is 6.03 Å². The van der Waals surface area contributed by atoms with Crippen molar-refractivity contribution >= 4 is 11.9 Å². The van der Waals surface area contributed by atoms with Crippen molar-refractivity contribution < 1.29 is 19.4 Å². The van der Waals surface area contributed by atoms with E-state index in [-0.39, 0.29) is 18.0 Å². The number of likely N-dealkylation sites (N-methyl/N-ethyl adjacent to an activating group) is 2. The van der Waals surface area contributed by atoms with E-state index >= 15 is 0 Å². The van der Waals surface area contributed by atoms with Crippen LogP contribution in [0.3, 0.4) is 0 Å². The Morgan fingerprint density at radius 1 is 1.12 bits per heavy atom. The van der Waals surface area contributed by atoms with Crippen molar-refractivity contribution in [2.75, 3.05) is 33.3 Å². The van der Waals surface area contributed by atoms with Crippen LogP contribution < -0.4 is 4.74 Å². The summed E-state index contributed by atoms with van der Waals surface area (Å²) in [6.07, 6.45) is 5.73. The SMILES string of the molecule is CCN1C(=O)N(CC)[C@]2(CC[C@@]3(O)[C@H]4Cc5ccc(OC)cc5[C@@]3(CCN4CC3CC3)C2)C1=O. The molecule has 4 fully saturated rings. The fourth-order valence-electron chi connectivity index (χ4n) is 8.00. The summed E-state index contributed by atoms with van der Waals surface area (Å²) in [5.41, 5.74) is -0.00462. The lowest BCUT2D eigenvalue weighted by Gasteiger charge is -2.66. The van der Waals surface area contributed by atoms with E-state index in [0.29, 0.717) is 32.4 Å². The summed E-state index contributed by atoms with van der Waals surface area (Å²) in [6.45, 7) is 6.69. The first-order valence-electron chi connectivity index (χ1n) is 13.1. The van der Waals surface area contributed by atoms with E-state index < -0.39 is 16.6 Å². The average molecular weight is 468 g/mol. The van der Waals surface area contributed by atoms with Gasteiger partial charge in [0.1, 0.15) is 11.3 Å². The van der Waals surface area contributed by atoms with Crippen LogP contribution in [0.25, 0.3) is 0 Å². The van der Waals surface area contributed by atoms with E-state index in [0.717, 1.165) is 43.2 Å². The molecule has 4 atom stereocenters. The summed E-state index contributed by atoms with van der Waals surface area (Å²) in [7, 11) is 1.68. The number of imide groups is 1. The lowest BCUT2D eigenvalue weighted by Crippen LogP contribution is -2.76. The second-order valence-electron chi connectivity index (χ2n) is 11.2. The number of methoxy groups -OCH3 is 1. The molecular weight excluding hydrogens is 430 g/mol. The van der Waals surface area contributed by atoms with Crippen molar-refractivity contribution in [3.05, 3.63) is 29.3 Å². The highest BCUT2D eigenvalue weighted by atomic mass is 16.5. The molecule has 1 N–H and O–H groups in total. The van der Waals surface area contributed by atoms with Crippen LogP contribution in [0.4, 0.5) is 4.79 Å². The van der Waals surface area contributed by atoms with Crippen LogP contribution in [0.2, 0.25) is 0 Å². The van der Waals surface area contributed by atoms with E-state index in [1.807, 2.05) is 19.9 Å². The number of carbonyl (C=O) groups is 2. The number of hydrogen-bond acceptors (Lipinski definition) is 5. The van der Waals surface area contributed by atoms with Crippen molar-refractivity contribution in [1.82, 2.24) is 14.7 Å². The van der Waals surface area contributed by atoms with Crippen LogP contribution in [-0.2, 0) is 16.6 Å². The topological polar surface area (TPSA) is 73.3 Å². The number of fused-ring (bicyclic) bond motifs is 1. The number of aliphatic hydroxyl groups is 1. The van der Waals surface area contributed by atoms with Gasteiger partial charge in [0.25, 0.3) is 5.91 Å². The number of piperidine rings is 1. The molecule has 184 valence electrons. The molecule has 3 aliphatic carbocycles. The molecule has 0 radical (unpaired) electrons. The van der Waals surface area contributed by atoms with Gasteiger partial charge < -0.3 is 14.7 Å². The highest BCUT2D eigenvalue weighted by Crippen LogP contribution is 2.62. The summed E-state index contributed by atoms with van der Waals surface area (Å²) in [6, 6.07) is 6.13. The van der Waals surface area contributed by atoms with Gasteiger partial charge in [-0.1, -0.05) is 6.07 Å². The van der Waals surface area contributed by atoms with Gasteiger partial charge in [-0.2, -0.15) is 0 Å². The Balaban J connectivity index is 1.51. The molecule has 2 heterocycles. The number of likely N-dealkylation sites (tertiary alicyclic amines) is 1. The fourth-order valence-corrected chi connectivity index (χ4v) is 8.00. The lowest BCUT2D eigenvalue weighted by atomic mass is 9.46. The van der Waals surface area contributed by atoms with E-state index in [9.17, 15) is 14.7 Å². The summed E-state index contributed by atoms with van der Waals surface area (Å²) in [5, 5.41) is 12.6. The third kappa shape index (κ3) is 2.71. The summed E-state index contributed by atoms with van der Waals surface area (Å²) in [5.74, 6) is 1.46. The largest absolute Gasteiger partial charge is 0.497 e. The maximum Gasteiger partial charge on any atom is 0.327 e. The van der Waals surface area contributed by atoms with Gasteiger partial charge in [0.05, 0.1) is 12.7 Å². The van der Waals surface area contributed by atoms with Crippen LogP contribution in [0.5, 0.6) is 5.75 Å². The van der Waals surface area contributed by atoms with Crippen LogP contribution in [0.1, 0.15) is 63.5 Å². The molecule has 1 aromatic rings. The Labute approximate surface area is 202 Å². The normalized spacial score (nSPS) is 37.2. The van der Waals surface area contributed by atoms with Crippen LogP contribution in [-0.4, -0.2) is 82.2 Å². The van der Waals surface area contributed by atoms with Gasteiger partial charge in [0, 0.05) is 31.1 Å². The van der Waals surface area contributed by atoms with Gasteiger partial charge in [-0.15, -0.1) is 0 Å². The first-order valence-corrected chi connectivity index (χ1v) is 13.1. The number of carbonyl (C=O) groups excluding carboxylic acids is 2. The van der Waals surface area contributed by atoms with Gasteiger partial charge in [0.15, 0.2) is 0 Å². The number of hydrogen-bond donors (Lipinski definition) is 1. The Morgan fingerprint density at radius 2 is 1.91 bits per heavy atom. The van der Waals surface area contributed by atoms with Gasteiger partial charge in [-0.05, 0) is 94.5 Å². The molecule has 2 saturated carbocycles. The Hall–Kier alpha value is -2.12. The number of ether oxygens (including phenoxy) is 1. The van der Waals surface area contributed by atoms with Crippen LogP contribution in [0, 0.1) is 5.92 Å². The number of amides is 3. The standard InChI is InChI=1S/C27H37N3O4/c1-4-29-23(31)26(30(5-2)24(29)32)10-11-27(33)22-14-19-8-9-20(34-3)15-21(19)25(27,17-26)12-13-28(22)16-18-6-7-18/h8-9,15,18,22,33H,4-7,10-14,16-17H2,1-3H3/t22-,25-,26+,27-/m1/s1. The minimum atomic E-state index is -0.923. The van der Waals surface area contributed by atoms with Crippen LogP contribution >= 0.6 is 0 Å². The average Bonchev–Trinajstić information content (AvgIpc) is 3.63. The maximum absolute atomic E-state index is 13.8. The van der Waals surface area contributed by atoms with Crippen molar-refractivity contribution in [3.63, 3.8) is 0 Å². The van der Waals surface area contributed by atoms with E-state index in [4.69, 9.17) is 4.74 Å². The molecule has 0 unspecified atom stereocenters. The monoisotopic (exact) mass is 467 g/mol. The maximum atomic E-state index is 13.8. The van der Waals surface area contributed by atoms with Crippen molar-refractivity contribution in [3.8, 4) is 5.75 Å². The number of nitrogens with zero attached hydrogens (tertiary/aromatic N) is 3. The smallest absolute Gasteiger partial charge is 0.327 e. The van der Waals surface area contributed by atoms with Gasteiger partial charge in [0.2, 0.25) is 0 Å². The zero-order chi connectivity index (χ0) is 23.9. The number of rotatable bonds is 5. The minimum absolute atomic E-state index is 0.0460. The molecule has 1 aromatic carbocycles. The zero-order valence-electron chi connectivity index (χ0n) is 20.7. The molecule has 3 amide bonds. The third-order valence-corrected chi connectivity index (χ3v) is 9.85. The van der Waals surface area contributed by atoms with E-state index in [2.05, 4.69) is 17.0 Å². The summed E-state index contributed by atoms with van der Waals surface area (Å²) < 4.78 is 5.61. The molecular formula is C27H37N3O4. The highest BCUT2D eigenvalue weighted by molar-refractivity contribution is 6.07. The first kappa shape index (κ1) is 22.4. The van der Waals surface area contributed by atoms with E-state index in [1.165, 1.54) is 23.3 Å². The second-order valence-corrected chi connectivity index (χ2v) is 11.2. The molecule has 1 spiro atoms. The molecule has 2 aliphatic heterocycles. The van der Waals surface area contributed by atoms with Crippen LogP contribution in [0.15, 0.2) is 18.2 Å². The zero-order valence-corrected chi connectivity index (χ0v) is 20.7. The fraction of sp³-hybridized carbons (Fsp3) is 0.704. The molecule has 7 nitrogen and oxygen atoms in total. The third-order valence-electron chi connectivity index (χ3n) is 9.85. The predicted octanol–water partition coefficient (Wildman–Crippen LogP) is 2.93. The molecule has 2 bridgehead atoms. The van der Waals surface area contributed by atoms with Gasteiger partial charge in [-0.25, -0.2) is 4.79 Å². The summed E-state index contributed by atoms with van der Waals surface area (Å²) in [4.78, 5) is 32.8. The van der Waals surface area contributed by atoms with Gasteiger partial charge in [-0.3, -0.25) is 14.6 Å². The molecule has 7 heteroatoms. The van der Waals surface area contributed by atoms with Crippen molar-refractivity contribution in [2.45, 2.75) is 81.4 Å². The number of urea groups is 1. The van der Waals surface area contributed by atoms with Crippen molar-refractivity contribution in [2.24, 2.45) is 5.92 Å². The summed E-state index contributed by atoms with van der Waals surface area (Å²) >= 11 is 0. The molecule has 6 rings (SSSR count). The quantitative estimate of drug-likeness (QED) is 0.674. The van der Waals surface area contributed by atoms with E-state index in [1.54, 1.807) is 12.0 Å².